The summed E-state index contributed by atoms with van der Waals surface area (Å²) in [5.74, 6) is 0.870. The minimum absolute atomic E-state index is 0.870. The summed E-state index contributed by atoms with van der Waals surface area (Å²) in [6.45, 7) is 8.99. The highest BCUT2D eigenvalue weighted by atomic mass is 16.5. The molecule has 4 rings (SSSR count). The number of rotatable bonds is 4. The fourth-order valence-corrected chi connectivity index (χ4v) is 3.45. The van der Waals surface area contributed by atoms with E-state index < -0.39 is 0 Å². The van der Waals surface area contributed by atoms with Gasteiger partial charge < -0.3 is 13.7 Å². The zero-order valence-electron chi connectivity index (χ0n) is 14.8. The first-order valence-electron chi connectivity index (χ1n) is 8.45. The van der Waals surface area contributed by atoms with E-state index in [4.69, 9.17) is 9.72 Å². The summed E-state index contributed by atoms with van der Waals surface area (Å²) in [5.41, 5.74) is 6.46. The Balaban J connectivity index is 1.99. The van der Waals surface area contributed by atoms with Gasteiger partial charge in [-0.2, -0.15) is 0 Å². The highest BCUT2D eigenvalue weighted by Gasteiger charge is 2.16. The number of fused-ring (bicyclic) bond motifs is 2. The predicted molar refractivity (Wildman–Crippen MR) is 103 cm³/mol. The van der Waals surface area contributed by atoms with Gasteiger partial charge >= 0.3 is 0 Å². The van der Waals surface area contributed by atoms with Gasteiger partial charge in [-0.3, -0.25) is 0 Å². The SMILES string of the molecule is C=Cc1ccn2c(C)c(-c3cc4ccc(OC)cc4n3CC)nc2c1. The maximum absolute atomic E-state index is 5.39. The first-order chi connectivity index (χ1) is 12.2. The third-order valence-electron chi connectivity index (χ3n) is 4.80. The van der Waals surface area contributed by atoms with Crippen molar-refractivity contribution in [3.63, 3.8) is 0 Å². The Labute approximate surface area is 147 Å². The Hall–Kier alpha value is -3.01. The molecule has 0 spiro atoms. The molecule has 25 heavy (non-hydrogen) atoms. The molecule has 0 aliphatic rings. The smallest absolute Gasteiger partial charge is 0.138 e. The van der Waals surface area contributed by atoms with Crippen LogP contribution in [0.25, 0.3) is 34.0 Å². The van der Waals surface area contributed by atoms with Crippen molar-refractivity contribution >= 4 is 22.6 Å². The Morgan fingerprint density at radius 1 is 1.20 bits per heavy atom. The molecule has 0 fully saturated rings. The highest BCUT2D eigenvalue weighted by Crippen LogP contribution is 2.32. The monoisotopic (exact) mass is 331 g/mol. The van der Waals surface area contributed by atoms with Crippen LogP contribution in [0.2, 0.25) is 0 Å². The van der Waals surface area contributed by atoms with Crippen LogP contribution in [0.3, 0.4) is 0 Å². The minimum atomic E-state index is 0.870. The van der Waals surface area contributed by atoms with E-state index in [0.29, 0.717) is 0 Å². The number of aromatic nitrogens is 3. The second kappa shape index (κ2) is 5.81. The fourth-order valence-electron chi connectivity index (χ4n) is 3.45. The minimum Gasteiger partial charge on any atom is -0.497 e. The van der Waals surface area contributed by atoms with E-state index in [9.17, 15) is 0 Å². The molecule has 0 bridgehead atoms. The molecule has 0 saturated carbocycles. The van der Waals surface area contributed by atoms with Gasteiger partial charge in [-0.15, -0.1) is 0 Å². The molecule has 0 radical (unpaired) electrons. The number of hydrogen-bond donors (Lipinski definition) is 0. The lowest BCUT2D eigenvalue weighted by atomic mass is 10.2. The molecular weight excluding hydrogens is 310 g/mol. The van der Waals surface area contributed by atoms with Gasteiger partial charge in [-0.05, 0) is 49.7 Å². The van der Waals surface area contributed by atoms with Crippen molar-refractivity contribution in [3.8, 4) is 17.1 Å². The largest absolute Gasteiger partial charge is 0.497 e. The maximum atomic E-state index is 5.39. The van der Waals surface area contributed by atoms with E-state index in [1.54, 1.807) is 7.11 Å². The highest BCUT2D eigenvalue weighted by molar-refractivity contribution is 5.88. The van der Waals surface area contributed by atoms with Crippen molar-refractivity contribution < 1.29 is 4.74 Å². The molecule has 0 atom stereocenters. The summed E-state index contributed by atoms with van der Waals surface area (Å²) in [6, 6.07) is 12.5. The van der Waals surface area contributed by atoms with Crippen LogP contribution < -0.4 is 4.74 Å². The molecule has 0 unspecified atom stereocenters. The predicted octanol–water partition coefficient (Wildman–Crippen LogP) is 4.94. The maximum Gasteiger partial charge on any atom is 0.138 e. The summed E-state index contributed by atoms with van der Waals surface area (Å²) in [5, 5.41) is 1.20. The van der Waals surface area contributed by atoms with Crippen molar-refractivity contribution in [2.24, 2.45) is 0 Å². The average Bonchev–Trinajstić information content (AvgIpc) is 3.17. The van der Waals surface area contributed by atoms with Crippen LogP contribution in [0, 0.1) is 6.92 Å². The fraction of sp³-hybridized carbons (Fsp3) is 0.190. The van der Waals surface area contributed by atoms with Crippen molar-refractivity contribution in [1.82, 2.24) is 14.0 Å². The lowest BCUT2D eigenvalue weighted by Gasteiger charge is -2.07. The topological polar surface area (TPSA) is 31.5 Å². The first kappa shape index (κ1) is 15.5. The molecule has 4 aromatic rings. The Kier molecular flexibility index (Phi) is 3.61. The van der Waals surface area contributed by atoms with Crippen molar-refractivity contribution in [2.75, 3.05) is 7.11 Å². The summed E-state index contributed by atoms with van der Waals surface area (Å²) in [7, 11) is 1.70. The van der Waals surface area contributed by atoms with Crippen molar-refractivity contribution in [3.05, 3.63) is 60.4 Å². The van der Waals surface area contributed by atoms with Crippen LogP contribution in [-0.4, -0.2) is 21.1 Å². The van der Waals surface area contributed by atoms with Crippen LogP contribution in [0.4, 0.5) is 0 Å². The number of hydrogen-bond acceptors (Lipinski definition) is 2. The molecule has 0 N–H and O–H groups in total. The van der Waals surface area contributed by atoms with Gasteiger partial charge in [0.2, 0.25) is 0 Å². The van der Waals surface area contributed by atoms with Gasteiger partial charge in [0.15, 0.2) is 0 Å². The van der Waals surface area contributed by atoms with Crippen LogP contribution in [0.1, 0.15) is 18.2 Å². The first-order valence-corrected chi connectivity index (χ1v) is 8.45. The van der Waals surface area contributed by atoms with Gasteiger partial charge in [0, 0.05) is 29.9 Å². The quantitative estimate of drug-likeness (QED) is 0.530. The molecular formula is C21H21N3O. The van der Waals surface area contributed by atoms with E-state index >= 15 is 0 Å². The van der Waals surface area contributed by atoms with E-state index in [0.717, 1.165) is 40.6 Å². The van der Waals surface area contributed by atoms with Crippen LogP contribution in [0.5, 0.6) is 5.75 Å². The molecule has 4 nitrogen and oxygen atoms in total. The molecule has 0 aliphatic carbocycles. The molecule has 126 valence electrons. The number of ether oxygens (including phenoxy) is 1. The molecule has 3 heterocycles. The standard InChI is InChI=1S/C21H21N3O/c1-5-15-9-10-24-14(3)21(22-20(24)11-15)19-12-16-7-8-17(25-4)13-18(16)23(19)6-2/h5,7-13H,1,6H2,2-4H3. The Morgan fingerprint density at radius 2 is 2.04 bits per heavy atom. The van der Waals surface area contributed by atoms with Crippen molar-refractivity contribution in [2.45, 2.75) is 20.4 Å². The van der Waals surface area contributed by atoms with Gasteiger partial charge in [-0.25, -0.2) is 4.98 Å². The third-order valence-corrected chi connectivity index (χ3v) is 4.80. The van der Waals surface area contributed by atoms with Gasteiger partial charge in [0.05, 0.1) is 18.3 Å². The van der Waals surface area contributed by atoms with Gasteiger partial charge in [0.25, 0.3) is 0 Å². The van der Waals surface area contributed by atoms with Crippen LogP contribution in [-0.2, 0) is 6.54 Å². The molecule has 1 aromatic carbocycles. The summed E-state index contributed by atoms with van der Waals surface area (Å²) < 4.78 is 9.81. The van der Waals surface area contributed by atoms with E-state index in [2.05, 4.69) is 65.9 Å². The van der Waals surface area contributed by atoms with E-state index in [1.165, 1.54) is 10.9 Å². The zero-order valence-corrected chi connectivity index (χ0v) is 14.8. The molecule has 3 aromatic heterocycles. The lowest BCUT2D eigenvalue weighted by Crippen LogP contribution is -1.98. The molecule has 0 aliphatic heterocycles. The average molecular weight is 331 g/mol. The van der Waals surface area contributed by atoms with E-state index in [1.807, 2.05) is 12.1 Å². The van der Waals surface area contributed by atoms with Gasteiger partial charge in [-0.1, -0.05) is 12.7 Å². The number of aryl methyl sites for hydroxylation is 2. The molecule has 4 heteroatoms. The second-order valence-corrected chi connectivity index (χ2v) is 6.14. The lowest BCUT2D eigenvalue weighted by molar-refractivity contribution is 0.415. The Morgan fingerprint density at radius 3 is 2.76 bits per heavy atom. The number of nitrogens with zero attached hydrogens (tertiary/aromatic N) is 3. The van der Waals surface area contributed by atoms with Crippen molar-refractivity contribution in [1.29, 1.82) is 0 Å². The summed E-state index contributed by atoms with van der Waals surface area (Å²) in [6.07, 6.45) is 3.90. The third kappa shape index (κ3) is 2.33. The number of imidazole rings is 1. The zero-order chi connectivity index (χ0) is 17.6. The number of pyridine rings is 1. The van der Waals surface area contributed by atoms with E-state index in [-0.39, 0.29) is 0 Å². The Bertz CT molecular complexity index is 1100. The molecule has 0 amide bonds. The van der Waals surface area contributed by atoms with Gasteiger partial charge in [0.1, 0.15) is 17.1 Å². The second-order valence-electron chi connectivity index (χ2n) is 6.14. The van der Waals surface area contributed by atoms with Crippen LogP contribution in [0.15, 0.2) is 49.2 Å². The normalized spacial score (nSPS) is 11.3. The van der Waals surface area contributed by atoms with Crippen LogP contribution >= 0.6 is 0 Å². The summed E-state index contributed by atoms with van der Waals surface area (Å²) in [4.78, 5) is 4.90. The summed E-state index contributed by atoms with van der Waals surface area (Å²) >= 11 is 0. The molecule has 0 saturated heterocycles. The number of methoxy groups -OCH3 is 1. The number of benzene rings is 1.